The Hall–Kier alpha value is -1.41. The van der Waals surface area contributed by atoms with Crippen molar-refractivity contribution in [2.75, 3.05) is 12.8 Å². The van der Waals surface area contributed by atoms with Crippen LogP contribution in [0, 0.1) is 0 Å². The van der Waals surface area contributed by atoms with Crippen LogP contribution in [0.2, 0.25) is 0 Å². The number of hydrogen-bond donors (Lipinski definition) is 0. The number of thiophene rings is 1. The minimum atomic E-state index is 0.176. The number of carbonyl (C=O) groups is 1. The van der Waals surface area contributed by atoms with Gasteiger partial charge in [-0.05, 0) is 28.3 Å². The molecule has 6 nitrogen and oxygen atoms in total. The van der Waals surface area contributed by atoms with Gasteiger partial charge in [0.15, 0.2) is 0 Å². The Balaban J connectivity index is 1.66. The summed E-state index contributed by atoms with van der Waals surface area (Å²) in [6, 6.07) is 4.05. The first kappa shape index (κ1) is 15.0. The molecule has 0 N–H and O–H groups in total. The number of nitrogens with zero attached hydrogens (tertiary/aromatic N) is 5. The Morgan fingerprint density at radius 3 is 3.05 bits per heavy atom. The Morgan fingerprint density at radius 1 is 1.55 bits per heavy atom. The summed E-state index contributed by atoms with van der Waals surface area (Å²) < 4.78 is 1.63. The number of aryl methyl sites for hydroxylation is 1. The van der Waals surface area contributed by atoms with Crippen LogP contribution in [-0.4, -0.2) is 43.8 Å². The number of amides is 1. The van der Waals surface area contributed by atoms with Gasteiger partial charge in [0.2, 0.25) is 11.1 Å². The molecule has 0 aliphatic heterocycles. The van der Waals surface area contributed by atoms with E-state index < -0.39 is 0 Å². The van der Waals surface area contributed by atoms with E-state index >= 15 is 0 Å². The summed E-state index contributed by atoms with van der Waals surface area (Å²) in [5.74, 6) is 1.02. The molecule has 2 aromatic rings. The zero-order chi connectivity index (χ0) is 14.4. The van der Waals surface area contributed by atoms with Gasteiger partial charge < -0.3 is 4.90 Å². The fourth-order valence-corrected chi connectivity index (χ4v) is 3.19. The first-order chi connectivity index (χ1) is 9.66. The molecular formula is C12H17N5OS2. The summed E-state index contributed by atoms with van der Waals surface area (Å²) in [6.45, 7) is 0.691. The van der Waals surface area contributed by atoms with Crippen molar-refractivity contribution in [2.24, 2.45) is 7.05 Å². The molecule has 0 unspecified atom stereocenters. The Bertz CT molecular complexity index is 540. The van der Waals surface area contributed by atoms with Crippen LogP contribution in [0.25, 0.3) is 0 Å². The predicted molar refractivity (Wildman–Crippen MR) is 79.5 cm³/mol. The Labute approximate surface area is 126 Å². The lowest BCUT2D eigenvalue weighted by Crippen LogP contribution is -2.25. The van der Waals surface area contributed by atoms with Crippen LogP contribution < -0.4 is 0 Å². The molecule has 0 radical (unpaired) electrons. The van der Waals surface area contributed by atoms with Gasteiger partial charge in [-0.3, -0.25) is 4.79 Å². The van der Waals surface area contributed by atoms with E-state index in [1.807, 2.05) is 31.6 Å². The molecule has 0 saturated heterocycles. The number of thioether (sulfide) groups is 1. The molecule has 2 rings (SSSR count). The third kappa shape index (κ3) is 4.31. The van der Waals surface area contributed by atoms with E-state index in [4.69, 9.17) is 0 Å². The van der Waals surface area contributed by atoms with E-state index in [-0.39, 0.29) is 5.91 Å². The van der Waals surface area contributed by atoms with Crippen molar-refractivity contribution < 1.29 is 4.79 Å². The van der Waals surface area contributed by atoms with E-state index in [1.54, 1.807) is 32.7 Å². The zero-order valence-electron chi connectivity index (χ0n) is 11.5. The van der Waals surface area contributed by atoms with Crippen molar-refractivity contribution in [2.45, 2.75) is 24.5 Å². The third-order valence-electron chi connectivity index (χ3n) is 2.75. The molecule has 0 aromatic carbocycles. The van der Waals surface area contributed by atoms with Gasteiger partial charge in [0.05, 0.1) is 6.54 Å². The van der Waals surface area contributed by atoms with Crippen LogP contribution in [0.3, 0.4) is 0 Å². The summed E-state index contributed by atoms with van der Waals surface area (Å²) in [5.41, 5.74) is 0. The van der Waals surface area contributed by atoms with Crippen molar-refractivity contribution in [1.29, 1.82) is 0 Å². The molecule has 0 saturated carbocycles. The molecule has 0 aliphatic carbocycles. The highest BCUT2D eigenvalue weighted by molar-refractivity contribution is 7.99. The van der Waals surface area contributed by atoms with E-state index in [0.29, 0.717) is 13.0 Å². The predicted octanol–water partition coefficient (Wildman–Crippen LogP) is 1.80. The van der Waals surface area contributed by atoms with Gasteiger partial charge in [-0.2, -0.15) is 0 Å². The first-order valence-corrected chi connectivity index (χ1v) is 8.15. The number of aromatic nitrogens is 4. The SMILES string of the molecule is CN(Cc1cccs1)C(=O)CCCSc1nnnn1C. The van der Waals surface area contributed by atoms with E-state index in [9.17, 15) is 4.79 Å². The van der Waals surface area contributed by atoms with Crippen molar-refractivity contribution in [3.8, 4) is 0 Å². The average molecular weight is 311 g/mol. The van der Waals surface area contributed by atoms with Crippen LogP contribution in [0.5, 0.6) is 0 Å². The Kier molecular flexibility index (Phi) is 5.54. The molecular weight excluding hydrogens is 294 g/mol. The number of tetrazole rings is 1. The average Bonchev–Trinajstić information content (AvgIpc) is 3.06. The fraction of sp³-hybridized carbons (Fsp3) is 0.500. The number of hydrogen-bond acceptors (Lipinski definition) is 6. The maximum atomic E-state index is 12.0. The quantitative estimate of drug-likeness (QED) is 0.576. The lowest BCUT2D eigenvalue weighted by Gasteiger charge is -2.15. The molecule has 0 bridgehead atoms. The summed E-state index contributed by atoms with van der Waals surface area (Å²) in [7, 11) is 3.66. The summed E-state index contributed by atoms with van der Waals surface area (Å²) in [4.78, 5) is 15.0. The molecule has 0 fully saturated rings. The zero-order valence-corrected chi connectivity index (χ0v) is 13.2. The van der Waals surface area contributed by atoms with E-state index in [2.05, 4.69) is 15.5 Å². The normalized spacial score (nSPS) is 10.7. The molecule has 2 heterocycles. The topological polar surface area (TPSA) is 63.9 Å². The highest BCUT2D eigenvalue weighted by Crippen LogP contribution is 2.15. The van der Waals surface area contributed by atoms with E-state index in [0.717, 1.165) is 17.3 Å². The van der Waals surface area contributed by atoms with Crippen molar-refractivity contribution >= 4 is 29.0 Å². The molecule has 0 aliphatic rings. The largest absolute Gasteiger partial charge is 0.341 e. The van der Waals surface area contributed by atoms with Gasteiger partial charge in [-0.25, -0.2) is 4.68 Å². The maximum Gasteiger partial charge on any atom is 0.222 e. The standard InChI is InChI=1S/C12H17N5OS2/c1-16(9-10-5-3-7-19-10)11(18)6-4-8-20-12-13-14-15-17(12)2/h3,5,7H,4,6,8-9H2,1-2H3. The van der Waals surface area contributed by atoms with Crippen LogP contribution in [0.4, 0.5) is 0 Å². The molecule has 0 spiro atoms. The smallest absolute Gasteiger partial charge is 0.222 e. The van der Waals surface area contributed by atoms with Gasteiger partial charge in [0.25, 0.3) is 0 Å². The third-order valence-corrected chi connectivity index (χ3v) is 4.70. The highest BCUT2D eigenvalue weighted by atomic mass is 32.2. The summed E-state index contributed by atoms with van der Waals surface area (Å²) in [5, 5.41) is 14.0. The van der Waals surface area contributed by atoms with Crippen molar-refractivity contribution in [1.82, 2.24) is 25.1 Å². The monoisotopic (exact) mass is 311 g/mol. The van der Waals surface area contributed by atoms with Gasteiger partial charge in [-0.1, -0.05) is 17.8 Å². The van der Waals surface area contributed by atoms with Gasteiger partial charge in [-0.15, -0.1) is 16.4 Å². The first-order valence-electron chi connectivity index (χ1n) is 6.28. The lowest BCUT2D eigenvalue weighted by atomic mass is 10.3. The maximum absolute atomic E-state index is 12.0. The highest BCUT2D eigenvalue weighted by Gasteiger charge is 2.10. The van der Waals surface area contributed by atoms with Crippen molar-refractivity contribution in [3.63, 3.8) is 0 Å². The molecule has 2 aromatic heterocycles. The second-order valence-electron chi connectivity index (χ2n) is 4.37. The summed E-state index contributed by atoms with van der Waals surface area (Å²) in [6.07, 6.45) is 1.38. The van der Waals surface area contributed by atoms with Crippen LogP contribution in [-0.2, 0) is 18.4 Å². The molecule has 0 atom stereocenters. The summed E-state index contributed by atoms with van der Waals surface area (Å²) >= 11 is 3.24. The van der Waals surface area contributed by atoms with Crippen LogP contribution in [0.15, 0.2) is 22.7 Å². The van der Waals surface area contributed by atoms with Crippen molar-refractivity contribution in [3.05, 3.63) is 22.4 Å². The fourth-order valence-electron chi connectivity index (χ4n) is 1.65. The molecule has 8 heteroatoms. The second-order valence-corrected chi connectivity index (χ2v) is 6.46. The van der Waals surface area contributed by atoms with E-state index in [1.165, 1.54) is 4.88 Å². The Morgan fingerprint density at radius 2 is 2.40 bits per heavy atom. The number of carbonyl (C=O) groups excluding carboxylic acids is 1. The lowest BCUT2D eigenvalue weighted by molar-refractivity contribution is -0.130. The molecule has 20 heavy (non-hydrogen) atoms. The van der Waals surface area contributed by atoms with Gasteiger partial charge >= 0.3 is 0 Å². The second kappa shape index (κ2) is 7.39. The van der Waals surface area contributed by atoms with Crippen LogP contribution >= 0.6 is 23.1 Å². The van der Waals surface area contributed by atoms with Gasteiger partial charge in [0, 0.05) is 31.1 Å². The molecule has 1 amide bonds. The van der Waals surface area contributed by atoms with Gasteiger partial charge in [0.1, 0.15) is 0 Å². The molecule has 108 valence electrons. The minimum absolute atomic E-state index is 0.176. The van der Waals surface area contributed by atoms with Crippen LogP contribution in [0.1, 0.15) is 17.7 Å². The minimum Gasteiger partial charge on any atom is -0.341 e. The number of rotatable bonds is 7.